The van der Waals surface area contributed by atoms with Crippen molar-refractivity contribution in [1.29, 1.82) is 0 Å². The van der Waals surface area contributed by atoms with Crippen LogP contribution >= 0.6 is 0 Å². The van der Waals surface area contributed by atoms with Gasteiger partial charge in [0.25, 0.3) is 0 Å². The molecular formula is C15H19N. The first-order valence-electron chi connectivity index (χ1n) is 5.81. The van der Waals surface area contributed by atoms with Crippen LogP contribution in [-0.4, -0.2) is 11.4 Å². The average Bonchev–Trinajstić information content (AvgIpc) is 2.25. The molecule has 1 heterocycles. The van der Waals surface area contributed by atoms with Crippen molar-refractivity contribution in [1.82, 2.24) is 4.90 Å². The van der Waals surface area contributed by atoms with E-state index in [2.05, 4.69) is 62.2 Å². The van der Waals surface area contributed by atoms with Gasteiger partial charge >= 0.3 is 0 Å². The molecule has 0 radical (unpaired) electrons. The average molecular weight is 213 g/mol. The Morgan fingerprint density at radius 3 is 2.31 bits per heavy atom. The van der Waals surface area contributed by atoms with Crippen LogP contribution in [0.3, 0.4) is 0 Å². The molecular weight excluding hydrogens is 194 g/mol. The van der Waals surface area contributed by atoms with E-state index in [4.69, 9.17) is 0 Å². The topological polar surface area (TPSA) is 3.24 Å². The zero-order valence-corrected chi connectivity index (χ0v) is 10.3. The van der Waals surface area contributed by atoms with Crippen LogP contribution in [0.1, 0.15) is 22.3 Å². The second-order valence-electron chi connectivity index (χ2n) is 4.58. The zero-order valence-electron chi connectivity index (χ0n) is 10.3. The number of hydrogen-bond acceptors (Lipinski definition) is 1. The summed E-state index contributed by atoms with van der Waals surface area (Å²) < 4.78 is 0. The Labute approximate surface area is 98.1 Å². The van der Waals surface area contributed by atoms with Gasteiger partial charge in [0, 0.05) is 13.1 Å². The molecule has 1 aromatic carbocycles. The Hall–Kier alpha value is -1.50. The lowest BCUT2D eigenvalue weighted by molar-refractivity contribution is 0.403. The highest BCUT2D eigenvalue weighted by Crippen LogP contribution is 2.19. The van der Waals surface area contributed by atoms with E-state index >= 15 is 0 Å². The van der Waals surface area contributed by atoms with Crippen molar-refractivity contribution in [3.05, 3.63) is 58.8 Å². The third kappa shape index (κ3) is 2.35. The number of hydrogen-bond donors (Lipinski definition) is 0. The molecule has 1 nitrogen and oxygen atoms in total. The van der Waals surface area contributed by atoms with E-state index in [-0.39, 0.29) is 0 Å². The Morgan fingerprint density at radius 1 is 1.06 bits per heavy atom. The Morgan fingerprint density at radius 2 is 1.75 bits per heavy atom. The van der Waals surface area contributed by atoms with Crippen molar-refractivity contribution < 1.29 is 0 Å². The summed E-state index contributed by atoms with van der Waals surface area (Å²) in [7, 11) is 0. The molecule has 0 amide bonds. The molecule has 1 aliphatic rings. The van der Waals surface area contributed by atoms with Crippen LogP contribution in [0, 0.1) is 20.8 Å². The molecule has 2 rings (SSSR count). The Kier molecular flexibility index (Phi) is 3.14. The summed E-state index contributed by atoms with van der Waals surface area (Å²) in [6, 6.07) is 4.54. The molecule has 0 saturated carbocycles. The maximum atomic E-state index is 2.34. The lowest BCUT2D eigenvalue weighted by Gasteiger charge is -2.23. The van der Waals surface area contributed by atoms with E-state index in [1.165, 1.54) is 22.3 Å². The first kappa shape index (κ1) is 11.0. The minimum atomic E-state index is 1.01. The van der Waals surface area contributed by atoms with Crippen LogP contribution < -0.4 is 0 Å². The molecule has 16 heavy (non-hydrogen) atoms. The molecule has 84 valence electrons. The summed E-state index contributed by atoms with van der Waals surface area (Å²) >= 11 is 0. The van der Waals surface area contributed by atoms with Gasteiger partial charge in [-0.2, -0.15) is 0 Å². The maximum Gasteiger partial charge on any atom is 0.0432 e. The summed E-state index contributed by atoms with van der Waals surface area (Å²) in [6.45, 7) is 8.60. The quantitative estimate of drug-likeness (QED) is 0.727. The molecule has 0 atom stereocenters. The lowest BCUT2D eigenvalue weighted by atomic mass is 9.99. The van der Waals surface area contributed by atoms with E-state index in [9.17, 15) is 0 Å². The van der Waals surface area contributed by atoms with Gasteiger partial charge in [-0.3, -0.25) is 0 Å². The van der Waals surface area contributed by atoms with Crippen molar-refractivity contribution in [3.63, 3.8) is 0 Å². The third-order valence-electron chi connectivity index (χ3n) is 3.09. The second kappa shape index (κ2) is 4.56. The van der Waals surface area contributed by atoms with Crippen LogP contribution in [0.25, 0.3) is 0 Å². The standard InChI is InChI=1S/C15H19N/c1-12-9-13(2)15(14(3)10-12)11-16-7-5-4-6-8-16/h4-7,9-10H,8,11H2,1-3H3. The van der Waals surface area contributed by atoms with Gasteiger partial charge in [-0.25, -0.2) is 0 Å². The second-order valence-corrected chi connectivity index (χ2v) is 4.58. The monoisotopic (exact) mass is 213 g/mol. The van der Waals surface area contributed by atoms with Gasteiger partial charge in [0.15, 0.2) is 0 Å². The zero-order chi connectivity index (χ0) is 11.5. The van der Waals surface area contributed by atoms with Gasteiger partial charge in [-0.15, -0.1) is 0 Å². The minimum absolute atomic E-state index is 1.01. The molecule has 1 aromatic rings. The highest BCUT2D eigenvalue weighted by atomic mass is 15.1. The smallest absolute Gasteiger partial charge is 0.0432 e. The highest BCUT2D eigenvalue weighted by Gasteiger charge is 2.07. The van der Waals surface area contributed by atoms with E-state index in [1.54, 1.807) is 0 Å². The molecule has 1 heteroatoms. The third-order valence-corrected chi connectivity index (χ3v) is 3.09. The Bertz CT molecular complexity index is 418. The van der Waals surface area contributed by atoms with Crippen LogP contribution in [0.15, 0.2) is 36.6 Å². The van der Waals surface area contributed by atoms with Gasteiger partial charge in [0.1, 0.15) is 0 Å². The first-order chi connectivity index (χ1) is 7.66. The predicted molar refractivity (Wildman–Crippen MR) is 69.3 cm³/mol. The van der Waals surface area contributed by atoms with Crippen LogP contribution in [0.2, 0.25) is 0 Å². The first-order valence-corrected chi connectivity index (χ1v) is 5.81. The molecule has 1 aliphatic heterocycles. The largest absolute Gasteiger partial charge is 0.369 e. The van der Waals surface area contributed by atoms with Gasteiger partial charge in [0.05, 0.1) is 0 Å². The summed E-state index contributed by atoms with van der Waals surface area (Å²) in [5.41, 5.74) is 5.62. The summed E-state index contributed by atoms with van der Waals surface area (Å²) in [6.07, 6.45) is 8.56. The number of benzene rings is 1. The SMILES string of the molecule is Cc1cc(C)c(CN2C=CC=CC2)c(C)c1. The van der Waals surface area contributed by atoms with Crippen molar-refractivity contribution in [2.75, 3.05) is 6.54 Å². The summed E-state index contributed by atoms with van der Waals surface area (Å²) in [4.78, 5) is 2.34. The molecule has 0 saturated heterocycles. The fourth-order valence-electron chi connectivity index (χ4n) is 2.29. The number of allylic oxidation sites excluding steroid dienone is 2. The Balaban J connectivity index is 2.21. The van der Waals surface area contributed by atoms with E-state index < -0.39 is 0 Å². The number of nitrogens with zero attached hydrogens (tertiary/aromatic N) is 1. The molecule has 0 spiro atoms. The molecule has 0 N–H and O–H groups in total. The van der Waals surface area contributed by atoms with E-state index in [0.717, 1.165) is 13.1 Å². The minimum Gasteiger partial charge on any atom is -0.369 e. The van der Waals surface area contributed by atoms with Crippen LogP contribution in [-0.2, 0) is 6.54 Å². The van der Waals surface area contributed by atoms with Crippen molar-refractivity contribution >= 4 is 0 Å². The van der Waals surface area contributed by atoms with Gasteiger partial charge < -0.3 is 4.90 Å². The van der Waals surface area contributed by atoms with Gasteiger partial charge in [0.2, 0.25) is 0 Å². The van der Waals surface area contributed by atoms with E-state index in [1.807, 2.05) is 0 Å². The summed E-state index contributed by atoms with van der Waals surface area (Å²) in [5.74, 6) is 0. The highest BCUT2D eigenvalue weighted by molar-refractivity contribution is 5.37. The van der Waals surface area contributed by atoms with Gasteiger partial charge in [-0.1, -0.05) is 29.8 Å². The number of rotatable bonds is 2. The molecule has 0 bridgehead atoms. The molecule has 0 unspecified atom stereocenters. The molecule has 0 aromatic heterocycles. The van der Waals surface area contributed by atoms with Crippen molar-refractivity contribution in [2.24, 2.45) is 0 Å². The molecule has 0 fully saturated rings. The van der Waals surface area contributed by atoms with Crippen LogP contribution in [0.4, 0.5) is 0 Å². The van der Waals surface area contributed by atoms with Crippen molar-refractivity contribution in [2.45, 2.75) is 27.3 Å². The maximum absolute atomic E-state index is 2.34. The fourth-order valence-corrected chi connectivity index (χ4v) is 2.29. The van der Waals surface area contributed by atoms with E-state index in [0.29, 0.717) is 0 Å². The summed E-state index contributed by atoms with van der Waals surface area (Å²) in [5, 5.41) is 0. The van der Waals surface area contributed by atoms with Crippen LogP contribution in [0.5, 0.6) is 0 Å². The predicted octanol–water partition coefficient (Wildman–Crippen LogP) is 3.50. The lowest BCUT2D eigenvalue weighted by Crippen LogP contribution is -2.19. The van der Waals surface area contributed by atoms with Crippen molar-refractivity contribution in [3.8, 4) is 0 Å². The fraction of sp³-hybridized carbons (Fsp3) is 0.333. The normalized spacial score (nSPS) is 14.6. The molecule has 0 aliphatic carbocycles. The number of aryl methyl sites for hydroxylation is 3. The van der Waals surface area contributed by atoms with Gasteiger partial charge in [-0.05, 0) is 49.7 Å².